The van der Waals surface area contributed by atoms with E-state index in [0.29, 0.717) is 42.5 Å². The Bertz CT molecular complexity index is 707. The third-order valence-electron chi connectivity index (χ3n) is 4.06. The van der Waals surface area contributed by atoms with E-state index < -0.39 is 0 Å². The number of furan rings is 1. The SMILES string of the molecule is O=C(COc1ccc(Cl)cc1)NC1CCN(C(=O)c2ccco2)CC1. The summed E-state index contributed by atoms with van der Waals surface area (Å²) in [6.07, 6.45) is 2.90. The summed E-state index contributed by atoms with van der Waals surface area (Å²) in [5.74, 6) is 0.656. The Morgan fingerprint density at radius 3 is 2.56 bits per heavy atom. The van der Waals surface area contributed by atoms with Crippen LogP contribution in [0.5, 0.6) is 5.75 Å². The molecule has 1 fully saturated rings. The summed E-state index contributed by atoms with van der Waals surface area (Å²) in [4.78, 5) is 25.9. The molecule has 0 bridgehead atoms. The van der Waals surface area contributed by atoms with Crippen molar-refractivity contribution in [3.8, 4) is 5.75 Å². The smallest absolute Gasteiger partial charge is 0.289 e. The standard InChI is InChI=1S/C18H19ClN2O4/c19-13-3-5-15(6-4-13)25-12-17(22)20-14-7-9-21(10-8-14)18(23)16-2-1-11-24-16/h1-6,11,14H,7-10,12H2,(H,20,22). The Hall–Kier alpha value is -2.47. The second-order valence-corrected chi connectivity index (χ2v) is 6.29. The number of rotatable bonds is 5. The number of piperidine rings is 1. The van der Waals surface area contributed by atoms with Gasteiger partial charge in [0.15, 0.2) is 12.4 Å². The van der Waals surface area contributed by atoms with Crippen molar-refractivity contribution in [2.24, 2.45) is 0 Å². The maximum absolute atomic E-state index is 12.2. The van der Waals surface area contributed by atoms with Crippen LogP contribution in [0.15, 0.2) is 47.1 Å². The van der Waals surface area contributed by atoms with Gasteiger partial charge in [0.05, 0.1) is 6.26 Å². The van der Waals surface area contributed by atoms with Gasteiger partial charge in [0.1, 0.15) is 5.75 Å². The van der Waals surface area contributed by atoms with E-state index in [1.807, 2.05) is 0 Å². The molecule has 25 heavy (non-hydrogen) atoms. The molecule has 0 spiro atoms. The second kappa shape index (κ2) is 8.07. The molecule has 132 valence electrons. The Kier molecular flexibility index (Phi) is 5.60. The van der Waals surface area contributed by atoms with Gasteiger partial charge in [-0.3, -0.25) is 9.59 Å². The molecule has 1 N–H and O–H groups in total. The molecule has 1 aliphatic rings. The van der Waals surface area contributed by atoms with Crippen LogP contribution in [0, 0.1) is 0 Å². The Balaban J connectivity index is 1.40. The van der Waals surface area contributed by atoms with Crippen LogP contribution in [0.4, 0.5) is 0 Å². The van der Waals surface area contributed by atoms with Crippen molar-refractivity contribution >= 4 is 23.4 Å². The second-order valence-electron chi connectivity index (χ2n) is 5.85. The van der Waals surface area contributed by atoms with Gasteiger partial charge in [0, 0.05) is 24.2 Å². The largest absolute Gasteiger partial charge is 0.484 e. The van der Waals surface area contributed by atoms with Crippen LogP contribution >= 0.6 is 11.6 Å². The molecule has 2 amide bonds. The van der Waals surface area contributed by atoms with Crippen LogP contribution < -0.4 is 10.1 Å². The van der Waals surface area contributed by atoms with Crippen molar-refractivity contribution < 1.29 is 18.7 Å². The highest BCUT2D eigenvalue weighted by Gasteiger charge is 2.25. The summed E-state index contributed by atoms with van der Waals surface area (Å²) in [5, 5.41) is 3.56. The van der Waals surface area contributed by atoms with E-state index in [0.717, 1.165) is 0 Å². The minimum absolute atomic E-state index is 0.0435. The van der Waals surface area contributed by atoms with Crippen LogP contribution in [-0.4, -0.2) is 42.5 Å². The fraction of sp³-hybridized carbons (Fsp3) is 0.333. The monoisotopic (exact) mass is 362 g/mol. The van der Waals surface area contributed by atoms with Gasteiger partial charge < -0.3 is 19.4 Å². The number of nitrogens with zero attached hydrogens (tertiary/aromatic N) is 1. The van der Waals surface area contributed by atoms with Crippen molar-refractivity contribution in [2.45, 2.75) is 18.9 Å². The van der Waals surface area contributed by atoms with Crippen molar-refractivity contribution in [1.82, 2.24) is 10.2 Å². The first kappa shape index (κ1) is 17.4. The lowest BCUT2D eigenvalue weighted by Gasteiger charge is -2.31. The zero-order valence-electron chi connectivity index (χ0n) is 13.6. The van der Waals surface area contributed by atoms with Crippen LogP contribution in [0.25, 0.3) is 0 Å². The lowest BCUT2D eigenvalue weighted by molar-refractivity contribution is -0.124. The lowest BCUT2D eigenvalue weighted by atomic mass is 10.0. The number of nitrogens with one attached hydrogen (secondary N) is 1. The molecule has 0 saturated carbocycles. The number of hydrogen-bond donors (Lipinski definition) is 1. The number of benzene rings is 1. The van der Waals surface area contributed by atoms with E-state index in [4.69, 9.17) is 20.8 Å². The van der Waals surface area contributed by atoms with E-state index in [1.165, 1.54) is 6.26 Å². The van der Waals surface area contributed by atoms with Crippen molar-refractivity contribution in [1.29, 1.82) is 0 Å². The average Bonchev–Trinajstić information content (AvgIpc) is 3.16. The van der Waals surface area contributed by atoms with Gasteiger partial charge in [-0.2, -0.15) is 0 Å². The van der Waals surface area contributed by atoms with Crippen molar-refractivity contribution in [3.05, 3.63) is 53.4 Å². The molecule has 1 aromatic heterocycles. The minimum atomic E-state index is -0.175. The third kappa shape index (κ3) is 4.76. The van der Waals surface area contributed by atoms with Crippen LogP contribution in [0.2, 0.25) is 5.02 Å². The van der Waals surface area contributed by atoms with Gasteiger partial charge in [-0.1, -0.05) is 11.6 Å². The van der Waals surface area contributed by atoms with Crippen LogP contribution in [0.1, 0.15) is 23.4 Å². The van der Waals surface area contributed by atoms with Gasteiger partial charge in [-0.05, 0) is 49.2 Å². The van der Waals surface area contributed by atoms with Gasteiger partial charge in [-0.15, -0.1) is 0 Å². The summed E-state index contributed by atoms with van der Waals surface area (Å²) < 4.78 is 10.6. The molecule has 3 rings (SSSR count). The maximum Gasteiger partial charge on any atom is 0.289 e. The first-order valence-corrected chi connectivity index (χ1v) is 8.50. The predicted octanol–water partition coefficient (Wildman–Crippen LogP) is 2.73. The number of hydrogen-bond acceptors (Lipinski definition) is 4. The molecule has 1 saturated heterocycles. The first-order chi connectivity index (χ1) is 12.1. The highest BCUT2D eigenvalue weighted by Crippen LogP contribution is 2.16. The molecule has 7 heteroatoms. The number of carbonyl (C=O) groups excluding carboxylic acids is 2. The molecule has 0 atom stereocenters. The van der Waals surface area contributed by atoms with Crippen molar-refractivity contribution in [3.63, 3.8) is 0 Å². The van der Waals surface area contributed by atoms with E-state index >= 15 is 0 Å². The number of amides is 2. The number of carbonyl (C=O) groups is 2. The minimum Gasteiger partial charge on any atom is -0.484 e. The van der Waals surface area contributed by atoms with E-state index in [-0.39, 0.29) is 24.5 Å². The van der Waals surface area contributed by atoms with E-state index in [1.54, 1.807) is 41.3 Å². The molecule has 1 aliphatic heterocycles. The van der Waals surface area contributed by atoms with Gasteiger partial charge in [-0.25, -0.2) is 0 Å². The highest BCUT2D eigenvalue weighted by atomic mass is 35.5. The first-order valence-electron chi connectivity index (χ1n) is 8.12. The normalized spacial score (nSPS) is 15.0. The molecule has 2 heterocycles. The fourth-order valence-corrected chi connectivity index (χ4v) is 2.86. The molecule has 1 aromatic carbocycles. The summed E-state index contributed by atoms with van der Waals surface area (Å²) >= 11 is 5.80. The van der Waals surface area contributed by atoms with Gasteiger partial charge in [0.25, 0.3) is 11.8 Å². The summed E-state index contributed by atoms with van der Waals surface area (Å²) in [6, 6.07) is 10.2. The average molecular weight is 363 g/mol. The molecular weight excluding hydrogens is 344 g/mol. The molecule has 0 radical (unpaired) electrons. The number of likely N-dealkylation sites (tertiary alicyclic amines) is 1. The number of halogens is 1. The van der Waals surface area contributed by atoms with Crippen LogP contribution in [-0.2, 0) is 4.79 Å². The van der Waals surface area contributed by atoms with E-state index in [9.17, 15) is 9.59 Å². The predicted molar refractivity (Wildman–Crippen MR) is 92.7 cm³/mol. The maximum atomic E-state index is 12.2. The molecule has 0 unspecified atom stereocenters. The molecule has 0 aliphatic carbocycles. The van der Waals surface area contributed by atoms with Gasteiger partial charge >= 0.3 is 0 Å². The topological polar surface area (TPSA) is 71.8 Å². The van der Waals surface area contributed by atoms with Crippen molar-refractivity contribution in [2.75, 3.05) is 19.7 Å². The summed E-state index contributed by atoms with van der Waals surface area (Å²) in [6.45, 7) is 1.12. The molecule has 2 aromatic rings. The van der Waals surface area contributed by atoms with Gasteiger partial charge in [0.2, 0.25) is 0 Å². The third-order valence-corrected chi connectivity index (χ3v) is 4.31. The zero-order valence-corrected chi connectivity index (χ0v) is 14.4. The molecule has 6 nitrogen and oxygen atoms in total. The zero-order chi connectivity index (χ0) is 17.6. The van der Waals surface area contributed by atoms with Crippen LogP contribution in [0.3, 0.4) is 0 Å². The number of ether oxygens (including phenoxy) is 1. The quantitative estimate of drug-likeness (QED) is 0.887. The summed E-state index contributed by atoms with van der Waals surface area (Å²) in [7, 11) is 0. The fourth-order valence-electron chi connectivity index (χ4n) is 2.73. The highest BCUT2D eigenvalue weighted by molar-refractivity contribution is 6.30. The Morgan fingerprint density at radius 2 is 1.92 bits per heavy atom. The molecular formula is C18H19ClN2O4. The Morgan fingerprint density at radius 1 is 1.20 bits per heavy atom. The summed E-state index contributed by atoms with van der Waals surface area (Å²) in [5.41, 5.74) is 0. The Labute approximate surface area is 150 Å². The lowest BCUT2D eigenvalue weighted by Crippen LogP contribution is -2.47. The van der Waals surface area contributed by atoms with E-state index in [2.05, 4.69) is 5.32 Å².